The molecule has 1 saturated heterocycles. The third-order valence-corrected chi connectivity index (χ3v) is 3.11. The molecule has 0 spiro atoms. The zero-order valence-electron chi connectivity index (χ0n) is 9.77. The average molecular weight is 283 g/mol. The van der Waals surface area contributed by atoms with Crippen molar-refractivity contribution in [2.75, 3.05) is 5.32 Å². The van der Waals surface area contributed by atoms with Crippen LogP contribution in [0.2, 0.25) is 5.02 Å². The number of carboxylic acids is 1. The molecule has 1 aliphatic heterocycles. The summed E-state index contributed by atoms with van der Waals surface area (Å²) < 4.78 is 0. The number of benzene rings is 1. The summed E-state index contributed by atoms with van der Waals surface area (Å²) in [4.78, 5) is 33.7. The molecule has 7 heteroatoms. The Labute approximate surface area is 113 Å². The molecular weight excluding hydrogens is 272 g/mol. The lowest BCUT2D eigenvalue weighted by Crippen LogP contribution is -2.37. The summed E-state index contributed by atoms with van der Waals surface area (Å²) in [5.74, 6) is -1.69. The first kappa shape index (κ1) is 13.4. The van der Waals surface area contributed by atoms with Crippen LogP contribution >= 0.6 is 11.6 Å². The van der Waals surface area contributed by atoms with Gasteiger partial charge in [-0.3, -0.25) is 9.59 Å². The van der Waals surface area contributed by atoms with Crippen molar-refractivity contribution in [2.24, 2.45) is 0 Å². The maximum Gasteiger partial charge on any atom is 0.335 e. The first-order valence-electron chi connectivity index (χ1n) is 5.60. The van der Waals surface area contributed by atoms with Crippen molar-refractivity contribution in [3.63, 3.8) is 0 Å². The van der Waals surface area contributed by atoms with Gasteiger partial charge in [0.2, 0.25) is 11.8 Å². The van der Waals surface area contributed by atoms with E-state index in [0.717, 1.165) is 0 Å². The normalized spacial score (nSPS) is 17.9. The van der Waals surface area contributed by atoms with Gasteiger partial charge in [0.25, 0.3) is 0 Å². The number of hydrogen-bond acceptors (Lipinski definition) is 3. The van der Waals surface area contributed by atoms with Crippen LogP contribution in [-0.4, -0.2) is 28.9 Å². The number of nitrogens with one attached hydrogen (secondary N) is 2. The lowest BCUT2D eigenvalue weighted by Gasteiger charge is -2.12. The van der Waals surface area contributed by atoms with Gasteiger partial charge in [0.15, 0.2) is 0 Å². The zero-order valence-corrected chi connectivity index (χ0v) is 10.5. The predicted molar refractivity (Wildman–Crippen MR) is 68.2 cm³/mol. The topological polar surface area (TPSA) is 95.5 Å². The van der Waals surface area contributed by atoms with Gasteiger partial charge in [-0.05, 0) is 24.6 Å². The minimum Gasteiger partial charge on any atom is -0.478 e. The van der Waals surface area contributed by atoms with Gasteiger partial charge in [0, 0.05) is 6.42 Å². The molecule has 3 N–H and O–H groups in total. The molecule has 1 fully saturated rings. The number of anilines is 1. The van der Waals surface area contributed by atoms with Crippen molar-refractivity contribution in [3.8, 4) is 0 Å². The standard InChI is InChI=1S/C12H11ClN2O4/c13-7-2-1-6(12(18)19)5-9(7)15-11(17)8-3-4-10(16)14-8/h1-2,5,8H,3-4H2,(H,14,16)(H,15,17)(H,18,19)/t8-/m1/s1. The quantitative estimate of drug-likeness (QED) is 0.777. The highest BCUT2D eigenvalue weighted by Gasteiger charge is 2.27. The summed E-state index contributed by atoms with van der Waals surface area (Å²) in [6.45, 7) is 0. The Balaban J connectivity index is 2.14. The van der Waals surface area contributed by atoms with Gasteiger partial charge in [-0.1, -0.05) is 11.6 Å². The van der Waals surface area contributed by atoms with E-state index in [-0.39, 0.29) is 22.2 Å². The molecule has 0 saturated carbocycles. The van der Waals surface area contributed by atoms with E-state index in [0.29, 0.717) is 12.8 Å². The Kier molecular flexibility index (Phi) is 3.71. The third kappa shape index (κ3) is 3.03. The molecule has 1 heterocycles. The second-order valence-corrected chi connectivity index (χ2v) is 4.56. The Morgan fingerprint density at radius 2 is 2.16 bits per heavy atom. The molecule has 2 rings (SSSR count). The second-order valence-electron chi connectivity index (χ2n) is 4.15. The minimum absolute atomic E-state index is 0.0233. The van der Waals surface area contributed by atoms with Crippen LogP contribution in [0, 0.1) is 0 Å². The van der Waals surface area contributed by atoms with E-state index >= 15 is 0 Å². The first-order valence-corrected chi connectivity index (χ1v) is 5.98. The monoisotopic (exact) mass is 282 g/mol. The van der Waals surface area contributed by atoms with Gasteiger partial charge < -0.3 is 15.7 Å². The van der Waals surface area contributed by atoms with Gasteiger partial charge in [-0.15, -0.1) is 0 Å². The molecule has 19 heavy (non-hydrogen) atoms. The van der Waals surface area contributed by atoms with Gasteiger partial charge in [0.05, 0.1) is 16.3 Å². The highest BCUT2D eigenvalue weighted by Crippen LogP contribution is 2.23. The maximum absolute atomic E-state index is 11.9. The average Bonchev–Trinajstić information content (AvgIpc) is 2.78. The maximum atomic E-state index is 11.9. The van der Waals surface area contributed by atoms with Crippen LogP contribution in [0.1, 0.15) is 23.2 Å². The number of hydrogen-bond donors (Lipinski definition) is 3. The molecule has 1 aromatic rings. The SMILES string of the molecule is O=C1CC[C@H](C(=O)Nc2cc(C(=O)O)ccc2Cl)N1. The van der Waals surface area contributed by atoms with Gasteiger partial charge in [0.1, 0.15) is 6.04 Å². The molecule has 1 atom stereocenters. The number of carboxylic acid groups (broad SMARTS) is 1. The van der Waals surface area contributed by atoms with E-state index in [2.05, 4.69) is 10.6 Å². The van der Waals surface area contributed by atoms with Gasteiger partial charge in [-0.2, -0.15) is 0 Å². The minimum atomic E-state index is -1.11. The Bertz CT molecular complexity index is 559. The highest BCUT2D eigenvalue weighted by molar-refractivity contribution is 6.34. The molecule has 0 bridgehead atoms. The van der Waals surface area contributed by atoms with Crippen LogP contribution < -0.4 is 10.6 Å². The second kappa shape index (κ2) is 5.27. The Morgan fingerprint density at radius 1 is 1.42 bits per heavy atom. The lowest BCUT2D eigenvalue weighted by molar-refractivity contribution is -0.122. The summed E-state index contributed by atoms with van der Waals surface area (Å²) in [7, 11) is 0. The van der Waals surface area contributed by atoms with Gasteiger partial charge in [-0.25, -0.2) is 4.79 Å². The Morgan fingerprint density at radius 3 is 2.74 bits per heavy atom. The zero-order chi connectivity index (χ0) is 14.0. The number of carbonyl (C=O) groups is 3. The van der Waals surface area contributed by atoms with E-state index in [1.54, 1.807) is 0 Å². The molecule has 1 aromatic carbocycles. The molecule has 6 nitrogen and oxygen atoms in total. The van der Waals surface area contributed by atoms with Crippen molar-refractivity contribution in [1.82, 2.24) is 5.32 Å². The number of amides is 2. The lowest BCUT2D eigenvalue weighted by atomic mass is 10.1. The summed E-state index contributed by atoms with van der Waals surface area (Å²) in [5, 5.41) is 14.1. The first-order chi connectivity index (χ1) is 8.97. The van der Waals surface area contributed by atoms with Crippen LogP contribution in [0.5, 0.6) is 0 Å². The van der Waals surface area contributed by atoms with Crippen molar-refractivity contribution in [3.05, 3.63) is 28.8 Å². The summed E-state index contributed by atoms with van der Waals surface area (Å²) >= 11 is 5.89. The molecule has 100 valence electrons. The van der Waals surface area contributed by atoms with E-state index in [1.165, 1.54) is 18.2 Å². The van der Waals surface area contributed by atoms with Crippen molar-refractivity contribution < 1.29 is 19.5 Å². The number of carbonyl (C=O) groups excluding carboxylic acids is 2. The fourth-order valence-corrected chi connectivity index (χ4v) is 1.95. The molecular formula is C12H11ClN2O4. The van der Waals surface area contributed by atoms with E-state index < -0.39 is 17.9 Å². The number of halogens is 1. The number of aromatic carboxylic acids is 1. The van der Waals surface area contributed by atoms with E-state index in [4.69, 9.17) is 16.7 Å². The Hall–Kier alpha value is -2.08. The summed E-state index contributed by atoms with van der Waals surface area (Å²) in [6, 6.07) is 3.42. The molecule has 0 aromatic heterocycles. The van der Waals surface area contributed by atoms with Crippen molar-refractivity contribution in [2.45, 2.75) is 18.9 Å². The van der Waals surface area contributed by atoms with E-state index in [1.807, 2.05) is 0 Å². The molecule has 0 radical (unpaired) electrons. The highest BCUT2D eigenvalue weighted by atomic mass is 35.5. The van der Waals surface area contributed by atoms with E-state index in [9.17, 15) is 14.4 Å². The van der Waals surface area contributed by atoms with Crippen LogP contribution in [-0.2, 0) is 9.59 Å². The fraction of sp³-hybridized carbons (Fsp3) is 0.250. The fourth-order valence-electron chi connectivity index (χ4n) is 1.78. The molecule has 1 aliphatic rings. The van der Waals surface area contributed by atoms with Crippen LogP contribution in [0.25, 0.3) is 0 Å². The molecule has 0 aliphatic carbocycles. The summed E-state index contributed by atoms with van der Waals surface area (Å²) in [6.07, 6.45) is 0.724. The molecule has 2 amide bonds. The largest absolute Gasteiger partial charge is 0.478 e. The van der Waals surface area contributed by atoms with Crippen LogP contribution in [0.15, 0.2) is 18.2 Å². The van der Waals surface area contributed by atoms with Gasteiger partial charge >= 0.3 is 5.97 Å². The predicted octanol–water partition coefficient (Wildman–Crippen LogP) is 1.26. The van der Waals surface area contributed by atoms with Crippen LogP contribution in [0.4, 0.5) is 5.69 Å². The van der Waals surface area contributed by atoms with Crippen LogP contribution in [0.3, 0.4) is 0 Å². The summed E-state index contributed by atoms with van der Waals surface area (Å²) in [5.41, 5.74) is 0.239. The smallest absolute Gasteiger partial charge is 0.335 e. The number of rotatable bonds is 3. The van der Waals surface area contributed by atoms with Crippen molar-refractivity contribution in [1.29, 1.82) is 0 Å². The third-order valence-electron chi connectivity index (χ3n) is 2.78. The van der Waals surface area contributed by atoms with Crippen molar-refractivity contribution >= 4 is 35.1 Å². The molecule has 0 unspecified atom stereocenters.